The first-order chi connectivity index (χ1) is 9.49. The van der Waals surface area contributed by atoms with Crippen molar-refractivity contribution in [1.82, 2.24) is 4.90 Å². The molecule has 0 radical (unpaired) electrons. The molecule has 1 saturated heterocycles. The van der Waals surface area contributed by atoms with E-state index in [2.05, 4.69) is 20.8 Å². The number of aliphatic carboxylic acids is 1. The van der Waals surface area contributed by atoms with Gasteiger partial charge in [0.05, 0.1) is 5.41 Å². The Balaban J connectivity index is 1.76. The molecule has 3 nitrogen and oxygen atoms in total. The number of hydrogen-bond donors (Lipinski definition) is 1. The van der Waals surface area contributed by atoms with E-state index >= 15 is 0 Å². The van der Waals surface area contributed by atoms with Crippen LogP contribution in [-0.4, -0.2) is 29.1 Å². The number of carboxylic acid groups (broad SMARTS) is 1. The predicted molar refractivity (Wildman–Crippen MR) is 76.8 cm³/mol. The fourth-order valence-corrected chi connectivity index (χ4v) is 4.34. The normalized spacial score (nSPS) is 29.6. The number of fused-ring (bicyclic) bond motifs is 1. The summed E-state index contributed by atoms with van der Waals surface area (Å²) < 4.78 is 14.1. The van der Waals surface area contributed by atoms with Gasteiger partial charge in [-0.25, -0.2) is 4.39 Å². The largest absolute Gasteiger partial charge is 0.481 e. The molecule has 1 N–H and O–H groups in total. The van der Waals surface area contributed by atoms with E-state index in [1.807, 2.05) is 6.07 Å². The minimum atomic E-state index is -0.664. The lowest BCUT2D eigenvalue weighted by atomic mass is 9.81. The Morgan fingerprint density at radius 2 is 2.30 bits per heavy atom. The maximum atomic E-state index is 13.4. The SMILES string of the molecule is O=C(O)[C@@]12CCC[C@H]1CN(Cc1cc(F)cc(Br)c1)C2. The number of halogens is 2. The summed E-state index contributed by atoms with van der Waals surface area (Å²) in [5, 5.41) is 9.55. The van der Waals surface area contributed by atoms with E-state index in [1.54, 1.807) is 0 Å². The van der Waals surface area contributed by atoms with Gasteiger partial charge >= 0.3 is 5.97 Å². The van der Waals surface area contributed by atoms with Gasteiger partial charge in [0.25, 0.3) is 0 Å². The minimum Gasteiger partial charge on any atom is -0.481 e. The summed E-state index contributed by atoms with van der Waals surface area (Å²) in [5.41, 5.74) is 0.322. The van der Waals surface area contributed by atoms with Gasteiger partial charge in [0.2, 0.25) is 0 Å². The van der Waals surface area contributed by atoms with E-state index in [9.17, 15) is 14.3 Å². The van der Waals surface area contributed by atoms with Gasteiger partial charge in [0, 0.05) is 24.1 Å². The minimum absolute atomic E-state index is 0.247. The van der Waals surface area contributed by atoms with Gasteiger partial charge in [0.1, 0.15) is 5.82 Å². The van der Waals surface area contributed by atoms with E-state index in [1.165, 1.54) is 12.1 Å². The van der Waals surface area contributed by atoms with Crippen molar-refractivity contribution in [3.05, 3.63) is 34.1 Å². The molecule has 108 valence electrons. The van der Waals surface area contributed by atoms with Gasteiger partial charge in [-0.05, 0) is 42.5 Å². The van der Waals surface area contributed by atoms with E-state index in [0.29, 0.717) is 13.1 Å². The quantitative estimate of drug-likeness (QED) is 0.917. The van der Waals surface area contributed by atoms with Crippen LogP contribution in [0, 0.1) is 17.2 Å². The summed E-state index contributed by atoms with van der Waals surface area (Å²) in [6.07, 6.45) is 2.78. The Labute approximate surface area is 125 Å². The first kappa shape index (κ1) is 14.0. The fraction of sp³-hybridized carbons (Fsp3) is 0.533. The molecular formula is C15H17BrFNO2. The second-order valence-corrected chi connectivity index (χ2v) is 6.91. The van der Waals surface area contributed by atoms with Crippen LogP contribution in [0.15, 0.2) is 22.7 Å². The van der Waals surface area contributed by atoms with Crippen molar-refractivity contribution in [1.29, 1.82) is 0 Å². The van der Waals surface area contributed by atoms with Crippen LogP contribution in [0.1, 0.15) is 24.8 Å². The zero-order valence-corrected chi connectivity index (χ0v) is 12.7. The van der Waals surface area contributed by atoms with E-state index < -0.39 is 11.4 Å². The standard InChI is InChI=1S/C15H17BrFNO2/c16-12-4-10(5-13(17)6-12)7-18-8-11-2-1-3-15(11,9-18)14(19)20/h4-6,11H,1-3,7-9H2,(H,19,20)/t11-,15+/m0/s1. The molecule has 5 heteroatoms. The molecule has 1 aromatic rings. The van der Waals surface area contributed by atoms with Crippen molar-refractivity contribution in [3.63, 3.8) is 0 Å². The van der Waals surface area contributed by atoms with Crippen molar-refractivity contribution in [2.24, 2.45) is 11.3 Å². The lowest BCUT2D eigenvalue weighted by Gasteiger charge is -2.23. The third kappa shape index (κ3) is 2.37. The van der Waals surface area contributed by atoms with Gasteiger partial charge in [0.15, 0.2) is 0 Å². The zero-order chi connectivity index (χ0) is 14.3. The van der Waals surface area contributed by atoms with Crippen LogP contribution in [0.4, 0.5) is 4.39 Å². The van der Waals surface area contributed by atoms with Crippen molar-refractivity contribution in [2.45, 2.75) is 25.8 Å². The maximum absolute atomic E-state index is 13.4. The third-order valence-corrected chi connectivity index (χ3v) is 5.15. The van der Waals surface area contributed by atoms with Crippen LogP contribution in [0.25, 0.3) is 0 Å². The first-order valence-electron chi connectivity index (χ1n) is 6.90. The van der Waals surface area contributed by atoms with Crippen LogP contribution in [0.5, 0.6) is 0 Å². The Morgan fingerprint density at radius 1 is 1.50 bits per heavy atom. The molecule has 0 spiro atoms. The van der Waals surface area contributed by atoms with Crippen molar-refractivity contribution in [3.8, 4) is 0 Å². The Morgan fingerprint density at radius 3 is 2.95 bits per heavy atom. The molecule has 0 aromatic heterocycles. The summed E-state index contributed by atoms with van der Waals surface area (Å²) in [5.74, 6) is -0.679. The third-order valence-electron chi connectivity index (χ3n) is 4.70. The van der Waals surface area contributed by atoms with Crippen LogP contribution >= 0.6 is 15.9 Å². The molecule has 0 unspecified atom stereocenters. The highest BCUT2D eigenvalue weighted by molar-refractivity contribution is 9.10. The van der Waals surface area contributed by atoms with Gasteiger partial charge < -0.3 is 5.11 Å². The molecule has 0 amide bonds. The molecule has 0 bridgehead atoms. The van der Waals surface area contributed by atoms with Gasteiger partial charge in [-0.1, -0.05) is 22.4 Å². The number of carboxylic acids is 1. The average molecular weight is 342 g/mol. The van der Waals surface area contributed by atoms with Gasteiger partial charge in [-0.3, -0.25) is 9.69 Å². The summed E-state index contributed by atoms with van der Waals surface area (Å²) >= 11 is 3.29. The number of nitrogens with zero attached hydrogens (tertiary/aromatic N) is 1. The lowest BCUT2D eigenvalue weighted by molar-refractivity contribution is -0.149. The molecule has 1 aromatic carbocycles. The van der Waals surface area contributed by atoms with E-state index in [0.717, 1.165) is 35.8 Å². The zero-order valence-electron chi connectivity index (χ0n) is 11.1. The molecule has 1 aliphatic carbocycles. The van der Waals surface area contributed by atoms with Gasteiger partial charge in [-0.15, -0.1) is 0 Å². The molecule has 20 heavy (non-hydrogen) atoms. The first-order valence-corrected chi connectivity index (χ1v) is 7.70. The second-order valence-electron chi connectivity index (χ2n) is 6.00. The molecule has 1 saturated carbocycles. The molecule has 1 heterocycles. The molecule has 2 atom stereocenters. The Bertz CT molecular complexity index is 530. The number of likely N-dealkylation sites (tertiary alicyclic amines) is 1. The van der Waals surface area contributed by atoms with E-state index in [4.69, 9.17) is 0 Å². The van der Waals surface area contributed by atoms with Crippen molar-refractivity contribution < 1.29 is 14.3 Å². The van der Waals surface area contributed by atoms with Crippen LogP contribution < -0.4 is 0 Å². The predicted octanol–water partition coefficient (Wildman–Crippen LogP) is 3.27. The summed E-state index contributed by atoms with van der Waals surface area (Å²) in [7, 11) is 0. The number of carbonyl (C=O) groups is 1. The summed E-state index contributed by atoms with van der Waals surface area (Å²) in [4.78, 5) is 13.8. The Hall–Kier alpha value is -0.940. The van der Waals surface area contributed by atoms with Crippen LogP contribution in [0.2, 0.25) is 0 Å². The lowest BCUT2D eigenvalue weighted by Crippen LogP contribution is -2.35. The monoisotopic (exact) mass is 341 g/mol. The molecule has 2 fully saturated rings. The molecule has 1 aliphatic heterocycles. The molecule has 3 rings (SSSR count). The highest BCUT2D eigenvalue weighted by atomic mass is 79.9. The highest BCUT2D eigenvalue weighted by Gasteiger charge is 2.54. The smallest absolute Gasteiger partial charge is 0.311 e. The van der Waals surface area contributed by atoms with E-state index in [-0.39, 0.29) is 11.7 Å². The summed E-state index contributed by atoms with van der Waals surface area (Å²) in [6, 6.07) is 4.85. The van der Waals surface area contributed by atoms with Crippen LogP contribution in [-0.2, 0) is 11.3 Å². The highest BCUT2D eigenvalue weighted by Crippen LogP contribution is 2.49. The Kier molecular flexibility index (Phi) is 3.58. The summed E-state index contributed by atoms with van der Waals surface area (Å²) in [6.45, 7) is 2.00. The maximum Gasteiger partial charge on any atom is 0.311 e. The average Bonchev–Trinajstić information content (AvgIpc) is 2.84. The van der Waals surface area contributed by atoms with Crippen LogP contribution in [0.3, 0.4) is 0 Å². The van der Waals surface area contributed by atoms with Gasteiger partial charge in [-0.2, -0.15) is 0 Å². The molecule has 2 aliphatic rings. The number of hydrogen-bond acceptors (Lipinski definition) is 2. The van der Waals surface area contributed by atoms with Crippen molar-refractivity contribution in [2.75, 3.05) is 13.1 Å². The number of benzene rings is 1. The fourth-order valence-electron chi connectivity index (χ4n) is 3.82. The number of rotatable bonds is 3. The topological polar surface area (TPSA) is 40.5 Å². The molecular weight excluding hydrogens is 325 g/mol. The van der Waals surface area contributed by atoms with Crippen molar-refractivity contribution >= 4 is 21.9 Å². The second kappa shape index (κ2) is 5.11.